The molecule has 4 aromatic heterocycles. The van der Waals surface area contributed by atoms with Gasteiger partial charge in [0.1, 0.15) is 17.1 Å². The van der Waals surface area contributed by atoms with E-state index in [-0.39, 0.29) is 22.8 Å². The van der Waals surface area contributed by atoms with Crippen molar-refractivity contribution in [3.63, 3.8) is 0 Å². The van der Waals surface area contributed by atoms with Crippen molar-refractivity contribution >= 4 is 39.2 Å². The number of aromatic nitrogens is 6. The molecule has 370 valence electrons. The summed E-state index contributed by atoms with van der Waals surface area (Å²) in [6.07, 6.45) is 10.0. The zero-order chi connectivity index (χ0) is 49.2. The summed E-state index contributed by atoms with van der Waals surface area (Å²) in [5.41, 5.74) is 22.4. The average Bonchev–Trinajstić information content (AvgIpc) is 4.08. The number of nitrogens with one attached hydrogen (secondary N) is 3. The first-order valence-electron chi connectivity index (χ1n) is 24.8. The molecule has 0 spiro atoms. The number of methoxy groups -OCH3 is 1. The van der Waals surface area contributed by atoms with Gasteiger partial charge in [-0.25, -0.2) is 19.9 Å². The van der Waals surface area contributed by atoms with Crippen LogP contribution in [0.5, 0.6) is 5.75 Å². The van der Waals surface area contributed by atoms with Crippen molar-refractivity contribution in [3.05, 3.63) is 99.0 Å². The standard InChI is InChI=1S/C26H28N4O3.C23H29N5O2.C5H11NO/c1-26(2,3)20-12-17(16-7-8-16)11-19-21(27-14-15-5-9-18(32-4)10-6-15)13-22(28-23(19)20)24-29-30-25(31)33-24;1-23(2,3)17-10-14(13-6-7-13)9-16-18(24)11-19(26-20(16)17)21-27-28-22(30-21)25-12-15-5-4-8-29-15;6-4-5-2-1-3-7-5/h5-6,9-13,16H,7-8,14H2,1-4H3,(H,27,28)(H,30,31);9-11,13,15H,4-8,12H2,1-3H3,(H2,24,26)(H,25,28);5H,1-4,6H2/t;15-;5-/m.00/s1. The molecule has 0 bridgehead atoms. The van der Waals surface area contributed by atoms with Crippen LogP contribution >= 0.6 is 0 Å². The first-order chi connectivity index (χ1) is 33.6. The van der Waals surface area contributed by atoms with E-state index < -0.39 is 5.76 Å². The van der Waals surface area contributed by atoms with Crippen LogP contribution in [-0.2, 0) is 26.8 Å². The molecule has 16 nitrogen and oxygen atoms in total. The van der Waals surface area contributed by atoms with Gasteiger partial charge in [0, 0.05) is 55.0 Å². The number of fused-ring (bicyclic) bond motifs is 2. The van der Waals surface area contributed by atoms with E-state index in [2.05, 4.69) is 96.8 Å². The van der Waals surface area contributed by atoms with E-state index >= 15 is 0 Å². The molecule has 4 fully saturated rings. The van der Waals surface area contributed by atoms with E-state index in [1.54, 1.807) is 7.11 Å². The number of rotatable bonds is 12. The summed E-state index contributed by atoms with van der Waals surface area (Å²) >= 11 is 0. The molecule has 3 aromatic carbocycles. The maximum atomic E-state index is 11.6. The van der Waals surface area contributed by atoms with Crippen molar-refractivity contribution in [1.29, 1.82) is 0 Å². The molecular weight excluding hydrogens is 885 g/mol. The molecule has 2 saturated heterocycles. The Labute approximate surface area is 409 Å². The molecule has 2 aliphatic heterocycles. The van der Waals surface area contributed by atoms with Crippen molar-refractivity contribution < 1.29 is 23.0 Å². The van der Waals surface area contributed by atoms with Gasteiger partial charge >= 0.3 is 11.8 Å². The Bertz CT molecular complexity index is 2970. The highest BCUT2D eigenvalue weighted by atomic mass is 16.5. The van der Waals surface area contributed by atoms with Gasteiger partial charge in [0.2, 0.25) is 0 Å². The number of hydrogen-bond acceptors (Lipinski definition) is 15. The number of benzene rings is 3. The van der Waals surface area contributed by atoms with Crippen molar-refractivity contribution in [1.82, 2.24) is 30.4 Å². The minimum Gasteiger partial charge on any atom is -0.497 e. The highest BCUT2D eigenvalue weighted by Gasteiger charge is 2.30. The zero-order valence-corrected chi connectivity index (χ0v) is 41.6. The number of pyridine rings is 2. The van der Waals surface area contributed by atoms with Gasteiger partial charge in [-0.3, -0.25) is 0 Å². The molecule has 7 N–H and O–H groups in total. The minimum atomic E-state index is -0.597. The fourth-order valence-corrected chi connectivity index (χ4v) is 9.05. The molecule has 70 heavy (non-hydrogen) atoms. The number of ether oxygens (including phenoxy) is 3. The van der Waals surface area contributed by atoms with Crippen LogP contribution in [0.3, 0.4) is 0 Å². The van der Waals surface area contributed by atoms with Crippen LogP contribution in [0.1, 0.15) is 133 Å². The highest BCUT2D eigenvalue weighted by Crippen LogP contribution is 2.46. The van der Waals surface area contributed by atoms with Gasteiger partial charge in [-0.1, -0.05) is 70.9 Å². The molecule has 6 heterocycles. The lowest BCUT2D eigenvalue weighted by Gasteiger charge is -2.23. The molecule has 2 aliphatic carbocycles. The quantitative estimate of drug-likeness (QED) is 0.0768. The Morgan fingerprint density at radius 2 is 1.31 bits per heavy atom. The van der Waals surface area contributed by atoms with Crippen LogP contribution in [0.2, 0.25) is 0 Å². The number of nitrogens with zero attached hydrogens (tertiary/aromatic N) is 5. The predicted molar refractivity (Wildman–Crippen MR) is 274 cm³/mol. The summed E-state index contributed by atoms with van der Waals surface area (Å²) in [6, 6.07) is 21.2. The number of aromatic amines is 1. The summed E-state index contributed by atoms with van der Waals surface area (Å²) in [5.74, 6) is 2.05. The second kappa shape index (κ2) is 20.5. The Hall–Kier alpha value is -6.36. The Morgan fingerprint density at radius 1 is 0.714 bits per heavy atom. The lowest BCUT2D eigenvalue weighted by Crippen LogP contribution is -2.18. The fraction of sp³-hybridized carbons (Fsp3) is 0.481. The SMILES string of the molecule is CC(C)(C)c1cc(C2CC2)cc2c(N)cc(-c3nnc(NC[C@@H]4CCCO4)o3)nc12.COc1ccc(CNc2cc(-c3n[nH]c(=O)o3)nc3c(C(C)(C)C)cc(C4CC4)cc23)cc1.NC[C@@H]1CCCO1. The van der Waals surface area contributed by atoms with Crippen molar-refractivity contribution in [2.75, 3.05) is 49.8 Å². The van der Waals surface area contributed by atoms with E-state index in [1.165, 1.54) is 54.4 Å². The van der Waals surface area contributed by atoms with Gasteiger partial charge in [0.15, 0.2) is 0 Å². The maximum absolute atomic E-state index is 11.6. The van der Waals surface area contributed by atoms with Gasteiger partial charge in [0.25, 0.3) is 11.8 Å². The largest absolute Gasteiger partial charge is 0.497 e. The summed E-state index contributed by atoms with van der Waals surface area (Å²) in [6.45, 7) is 17.0. The van der Waals surface area contributed by atoms with Crippen molar-refractivity contribution in [2.24, 2.45) is 5.73 Å². The van der Waals surface area contributed by atoms with E-state index in [1.807, 2.05) is 36.4 Å². The lowest BCUT2D eigenvalue weighted by atomic mass is 9.83. The molecule has 0 amide bonds. The van der Waals surface area contributed by atoms with Crippen molar-refractivity contribution in [2.45, 2.75) is 134 Å². The topological polar surface area (TPSA) is 227 Å². The zero-order valence-electron chi connectivity index (χ0n) is 41.6. The second-order valence-electron chi connectivity index (χ2n) is 21.0. The van der Waals surface area contributed by atoms with Crippen LogP contribution in [0.15, 0.2) is 74.3 Å². The third-order valence-electron chi connectivity index (χ3n) is 13.4. The van der Waals surface area contributed by atoms with E-state index in [0.29, 0.717) is 66.6 Å². The molecule has 2 atom stereocenters. The Kier molecular flexibility index (Phi) is 14.3. The van der Waals surface area contributed by atoms with Crippen LogP contribution < -0.4 is 32.6 Å². The van der Waals surface area contributed by atoms with Crippen molar-refractivity contribution in [3.8, 4) is 28.9 Å². The smallest absolute Gasteiger partial charge is 0.434 e. The highest BCUT2D eigenvalue weighted by molar-refractivity contribution is 5.97. The number of H-pyrrole nitrogens is 1. The van der Waals surface area contributed by atoms with Crippen LogP contribution in [0.4, 0.5) is 17.4 Å². The van der Waals surface area contributed by atoms with Gasteiger partial charge in [-0.2, -0.15) is 0 Å². The van der Waals surface area contributed by atoms with Gasteiger partial charge in [-0.15, -0.1) is 10.2 Å². The number of anilines is 3. The molecule has 11 rings (SSSR count). The monoisotopic (exact) mass is 953 g/mol. The average molecular weight is 953 g/mol. The third-order valence-corrected chi connectivity index (χ3v) is 13.4. The van der Waals surface area contributed by atoms with Crippen LogP contribution in [0, 0.1) is 0 Å². The van der Waals surface area contributed by atoms with Crippen LogP contribution in [0.25, 0.3) is 45.0 Å². The fourth-order valence-electron chi connectivity index (χ4n) is 9.05. The normalized spacial score (nSPS) is 18.1. The van der Waals surface area contributed by atoms with E-state index in [0.717, 1.165) is 71.3 Å². The molecular formula is C54H68N10O6. The number of nitrogens with two attached hydrogens (primary N) is 2. The Balaban J connectivity index is 0.000000153. The summed E-state index contributed by atoms with van der Waals surface area (Å²) < 4.78 is 27.1. The molecule has 2 saturated carbocycles. The molecule has 0 radical (unpaired) electrons. The van der Waals surface area contributed by atoms with E-state index in [9.17, 15) is 4.79 Å². The molecule has 0 unspecified atom stereocenters. The van der Waals surface area contributed by atoms with E-state index in [4.69, 9.17) is 44.5 Å². The first kappa shape index (κ1) is 48.7. The number of nitrogen functional groups attached to an aromatic ring is 1. The minimum absolute atomic E-state index is 0.0515. The molecule has 16 heteroatoms. The van der Waals surface area contributed by atoms with Gasteiger partial charge < -0.3 is 45.1 Å². The van der Waals surface area contributed by atoms with Gasteiger partial charge in [0.05, 0.1) is 30.4 Å². The number of hydrogen-bond donors (Lipinski definition) is 5. The lowest BCUT2D eigenvalue weighted by molar-refractivity contribution is 0.117. The first-order valence-corrected chi connectivity index (χ1v) is 24.8. The molecule has 4 aliphatic rings. The summed E-state index contributed by atoms with van der Waals surface area (Å²) in [5, 5.41) is 23.5. The van der Waals surface area contributed by atoms with Crippen LogP contribution in [-0.4, -0.2) is 76.0 Å². The Morgan fingerprint density at radius 3 is 1.84 bits per heavy atom. The second-order valence-corrected chi connectivity index (χ2v) is 21.0. The predicted octanol–water partition coefficient (Wildman–Crippen LogP) is 10.1. The summed E-state index contributed by atoms with van der Waals surface area (Å²) in [7, 11) is 1.66. The third kappa shape index (κ3) is 11.6. The maximum Gasteiger partial charge on any atom is 0.434 e. The van der Waals surface area contributed by atoms with Gasteiger partial charge in [-0.05, 0) is 138 Å². The summed E-state index contributed by atoms with van der Waals surface area (Å²) in [4.78, 5) is 21.4. The molecule has 7 aromatic rings.